The molecule has 2 aromatic rings. The number of nitrogens with zero attached hydrogens (tertiary/aromatic N) is 1. The summed E-state index contributed by atoms with van der Waals surface area (Å²) in [5, 5.41) is 12.6. The van der Waals surface area contributed by atoms with E-state index in [1.165, 1.54) is 11.0 Å². The van der Waals surface area contributed by atoms with E-state index in [0.717, 1.165) is 11.8 Å². The zero-order valence-electron chi connectivity index (χ0n) is 18.7. The fraction of sp³-hybridized carbons (Fsp3) is 0.250. The van der Waals surface area contributed by atoms with E-state index in [1.54, 1.807) is 49.4 Å². The molecule has 2 amide bonds. The van der Waals surface area contributed by atoms with Crippen LogP contribution in [-0.4, -0.2) is 51.9 Å². The normalized spacial score (nSPS) is 14.4. The first-order chi connectivity index (χ1) is 16.3. The highest BCUT2D eigenvalue weighted by atomic mass is 32.2. The van der Waals surface area contributed by atoms with Crippen molar-refractivity contribution in [2.24, 2.45) is 0 Å². The molecule has 0 aromatic heterocycles. The van der Waals surface area contributed by atoms with Crippen LogP contribution in [0.2, 0.25) is 0 Å². The average Bonchev–Trinajstić information content (AvgIpc) is 3.07. The van der Waals surface area contributed by atoms with Crippen LogP contribution in [0.15, 0.2) is 47.4 Å². The number of aromatic hydroxyl groups is 1. The Labute approximate surface area is 206 Å². The Hall–Kier alpha value is -3.37. The van der Waals surface area contributed by atoms with E-state index >= 15 is 0 Å². The van der Waals surface area contributed by atoms with Crippen LogP contribution in [0, 0.1) is 0 Å². The fourth-order valence-corrected chi connectivity index (χ4v) is 4.39. The minimum absolute atomic E-state index is 0.0214. The zero-order valence-corrected chi connectivity index (χ0v) is 20.3. The van der Waals surface area contributed by atoms with Gasteiger partial charge in [0.15, 0.2) is 11.5 Å². The minimum atomic E-state index is -0.427. The molecule has 1 fully saturated rings. The Bertz CT molecular complexity index is 1130. The standard InChI is InChI=1S/C24H24N2O6S2/c1-3-31-19-13-15(5-10-18(19)27)14-20-22(29)26(24(33)34-20)12-11-21(28)25-17-8-6-16(7-9-17)23(30)32-4-2/h5-10,13-14,27H,3-4,11-12H2,1-2H3,(H,25,28)/b20-14-. The third-order valence-electron chi connectivity index (χ3n) is 4.70. The molecule has 1 aliphatic heterocycles. The molecule has 2 N–H and O–H groups in total. The number of carbonyl (C=O) groups excluding carboxylic acids is 3. The molecule has 0 spiro atoms. The number of nitrogens with one attached hydrogen (secondary N) is 1. The lowest BCUT2D eigenvalue weighted by atomic mass is 10.2. The summed E-state index contributed by atoms with van der Waals surface area (Å²) in [5.74, 6) is -0.648. The predicted molar refractivity (Wildman–Crippen MR) is 135 cm³/mol. The number of phenols is 1. The number of hydrogen-bond donors (Lipinski definition) is 2. The van der Waals surface area contributed by atoms with Gasteiger partial charge in [0.05, 0.1) is 23.7 Å². The lowest BCUT2D eigenvalue weighted by Crippen LogP contribution is -2.31. The smallest absolute Gasteiger partial charge is 0.338 e. The lowest BCUT2D eigenvalue weighted by molar-refractivity contribution is -0.122. The monoisotopic (exact) mass is 500 g/mol. The number of ether oxygens (including phenoxy) is 2. The summed E-state index contributed by atoms with van der Waals surface area (Å²) >= 11 is 6.48. The molecular formula is C24H24N2O6S2. The Morgan fingerprint density at radius 3 is 2.56 bits per heavy atom. The van der Waals surface area contributed by atoms with Gasteiger partial charge in [-0.25, -0.2) is 4.79 Å². The van der Waals surface area contributed by atoms with Crippen LogP contribution >= 0.6 is 24.0 Å². The van der Waals surface area contributed by atoms with Crippen LogP contribution in [0.4, 0.5) is 5.69 Å². The number of thiocarbonyl (C=S) groups is 1. The Morgan fingerprint density at radius 1 is 1.15 bits per heavy atom. The summed E-state index contributed by atoms with van der Waals surface area (Å²) < 4.78 is 10.7. The molecule has 1 saturated heterocycles. The highest BCUT2D eigenvalue weighted by Crippen LogP contribution is 2.34. The molecule has 3 rings (SSSR count). The topological polar surface area (TPSA) is 105 Å². The summed E-state index contributed by atoms with van der Waals surface area (Å²) in [6.45, 7) is 4.36. The van der Waals surface area contributed by atoms with Crippen molar-refractivity contribution in [2.75, 3.05) is 25.1 Å². The Balaban J connectivity index is 1.58. The van der Waals surface area contributed by atoms with Crippen LogP contribution in [-0.2, 0) is 14.3 Å². The summed E-state index contributed by atoms with van der Waals surface area (Å²) in [6, 6.07) is 11.2. The number of anilines is 1. The van der Waals surface area contributed by atoms with Gasteiger partial charge in [-0.3, -0.25) is 14.5 Å². The van der Waals surface area contributed by atoms with E-state index in [1.807, 2.05) is 6.92 Å². The number of benzene rings is 2. The van der Waals surface area contributed by atoms with Crippen molar-refractivity contribution in [1.82, 2.24) is 4.90 Å². The summed E-state index contributed by atoms with van der Waals surface area (Å²) in [6.07, 6.45) is 1.72. The third kappa shape index (κ3) is 6.36. The number of amides is 2. The Kier molecular flexibility index (Phi) is 8.67. The van der Waals surface area contributed by atoms with Gasteiger partial charge in [0, 0.05) is 18.7 Å². The number of thioether (sulfide) groups is 1. The number of carbonyl (C=O) groups is 3. The van der Waals surface area contributed by atoms with Gasteiger partial charge in [-0.2, -0.15) is 0 Å². The van der Waals surface area contributed by atoms with Gasteiger partial charge in [0.2, 0.25) is 5.91 Å². The first-order valence-electron chi connectivity index (χ1n) is 10.6. The van der Waals surface area contributed by atoms with Gasteiger partial charge in [-0.05, 0) is 61.9 Å². The average molecular weight is 501 g/mol. The van der Waals surface area contributed by atoms with Crippen molar-refractivity contribution >= 4 is 57.8 Å². The van der Waals surface area contributed by atoms with Crippen LogP contribution in [0.25, 0.3) is 6.08 Å². The molecule has 0 unspecified atom stereocenters. The summed E-state index contributed by atoms with van der Waals surface area (Å²) in [5.41, 5.74) is 1.61. The van der Waals surface area contributed by atoms with Gasteiger partial charge in [-0.1, -0.05) is 30.0 Å². The molecule has 0 bridgehead atoms. The van der Waals surface area contributed by atoms with E-state index in [0.29, 0.717) is 38.4 Å². The molecular weight excluding hydrogens is 476 g/mol. The second kappa shape index (κ2) is 11.7. The molecule has 1 aliphatic rings. The van der Waals surface area contributed by atoms with Crippen LogP contribution in [0.5, 0.6) is 11.5 Å². The van der Waals surface area contributed by atoms with Crippen LogP contribution in [0.1, 0.15) is 36.2 Å². The molecule has 10 heteroatoms. The van der Waals surface area contributed by atoms with Gasteiger partial charge in [0.1, 0.15) is 4.32 Å². The van der Waals surface area contributed by atoms with Crippen molar-refractivity contribution in [3.05, 3.63) is 58.5 Å². The maximum Gasteiger partial charge on any atom is 0.338 e. The molecule has 1 heterocycles. The maximum atomic E-state index is 12.8. The van der Waals surface area contributed by atoms with Gasteiger partial charge in [-0.15, -0.1) is 0 Å². The highest BCUT2D eigenvalue weighted by Gasteiger charge is 2.32. The molecule has 178 valence electrons. The van der Waals surface area contributed by atoms with Crippen molar-refractivity contribution < 1.29 is 29.0 Å². The fourth-order valence-electron chi connectivity index (χ4n) is 3.08. The summed E-state index contributed by atoms with van der Waals surface area (Å²) in [7, 11) is 0. The largest absolute Gasteiger partial charge is 0.504 e. The van der Waals surface area contributed by atoms with Crippen molar-refractivity contribution in [2.45, 2.75) is 20.3 Å². The van der Waals surface area contributed by atoms with Crippen LogP contribution in [0.3, 0.4) is 0 Å². The van der Waals surface area contributed by atoms with E-state index in [-0.39, 0.29) is 37.1 Å². The van der Waals surface area contributed by atoms with E-state index in [4.69, 9.17) is 21.7 Å². The van der Waals surface area contributed by atoms with Crippen molar-refractivity contribution in [3.63, 3.8) is 0 Å². The zero-order chi connectivity index (χ0) is 24.7. The molecule has 0 atom stereocenters. The number of phenolic OH excluding ortho intramolecular Hbond substituents is 1. The number of hydrogen-bond acceptors (Lipinski definition) is 8. The summed E-state index contributed by atoms with van der Waals surface area (Å²) in [4.78, 5) is 38.7. The Morgan fingerprint density at radius 2 is 1.88 bits per heavy atom. The molecule has 0 aliphatic carbocycles. The van der Waals surface area contributed by atoms with E-state index in [9.17, 15) is 19.5 Å². The van der Waals surface area contributed by atoms with E-state index in [2.05, 4.69) is 5.32 Å². The quantitative estimate of drug-likeness (QED) is 0.300. The molecule has 8 nitrogen and oxygen atoms in total. The maximum absolute atomic E-state index is 12.8. The van der Waals surface area contributed by atoms with E-state index < -0.39 is 5.97 Å². The molecule has 34 heavy (non-hydrogen) atoms. The molecule has 0 radical (unpaired) electrons. The third-order valence-corrected chi connectivity index (χ3v) is 6.08. The predicted octanol–water partition coefficient (Wildman–Crippen LogP) is 4.20. The SMILES string of the molecule is CCOC(=O)c1ccc(NC(=O)CCN2C(=O)/C(=C/c3ccc(O)c(OCC)c3)SC2=S)cc1. The van der Waals surface area contributed by atoms with Crippen molar-refractivity contribution in [3.8, 4) is 11.5 Å². The minimum Gasteiger partial charge on any atom is -0.504 e. The van der Waals surface area contributed by atoms with Crippen molar-refractivity contribution in [1.29, 1.82) is 0 Å². The number of esters is 1. The lowest BCUT2D eigenvalue weighted by Gasteiger charge is -2.14. The second-order valence-electron chi connectivity index (χ2n) is 7.09. The molecule has 0 saturated carbocycles. The first kappa shape index (κ1) is 25.3. The molecule has 2 aromatic carbocycles. The number of rotatable bonds is 9. The highest BCUT2D eigenvalue weighted by molar-refractivity contribution is 8.26. The first-order valence-corrected chi connectivity index (χ1v) is 11.8. The van der Waals surface area contributed by atoms with Gasteiger partial charge < -0.3 is 19.9 Å². The second-order valence-corrected chi connectivity index (χ2v) is 8.77. The van der Waals surface area contributed by atoms with Gasteiger partial charge >= 0.3 is 5.97 Å². The van der Waals surface area contributed by atoms with Gasteiger partial charge in [0.25, 0.3) is 5.91 Å². The van der Waals surface area contributed by atoms with Crippen LogP contribution < -0.4 is 10.1 Å².